The van der Waals surface area contributed by atoms with Gasteiger partial charge in [-0.3, -0.25) is 0 Å². The molecular weight excluding hydrogens is 224 g/mol. The summed E-state index contributed by atoms with van der Waals surface area (Å²) in [5.41, 5.74) is 0.947. The van der Waals surface area contributed by atoms with Crippen molar-refractivity contribution < 1.29 is 9.84 Å². The molecular formula is C16H24O2. The van der Waals surface area contributed by atoms with Crippen LogP contribution in [0.3, 0.4) is 0 Å². The minimum Gasteiger partial charge on any atom is -0.386 e. The van der Waals surface area contributed by atoms with E-state index in [1.165, 1.54) is 12.8 Å². The number of hydrogen-bond acceptors (Lipinski definition) is 2. The molecule has 0 heterocycles. The fourth-order valence-corrected chi connectivity index (χ4v) is 2.27. The molecule has 0 bridgehead atoms. The molecule has 100 valence electrons. The van der Waals surface area contributed by atoms with Crippen LogP contribution >= 0.6 is 0 Å². The van der Waals surface area contributed by atoms with Gasteiger partial charge >= 0.3 is 0 Å². The van der Waals surface area contributed by atoms with Gasteiger partial charge in [0.25, 0.3) is 0 Å². The Morgan fingerprint density at radius 3 is 2.44 bits per heavy atom. The van der Waals surface area contributed by atoms with E-state index in [0.29, 0.717) is 5.92 Å². The summed E-state index contributed by atoms with van der Waals surface area (Å²) >= 11 is 0. The lowest BCUT2D eigenvalue weighted by atomic mass is 9.96. The van der Waals surface area contributed by atoms with Gasteiger partial charge in [-0.25, -0.2) is 0 Å². The van der Waals surface area contributed by atoms with Crippen LogP contribution in [0.25, 0.3) is 0 Å². The summed E-state index contributed by atoms with van der Waals surface area (Å²) in [5.74, 6) is 1.20. The van der Waals surface area contributed by atoms with Gasteiger partial charge in [0, 0.05) is 6.61 Å². The molecule has 0 radical (unpaired) electrons. The van der Waals surface area contributed by atoms with Crippen LogP contribution < -0.4 is 0 Å². The molecule has 0 spiro atoms. The van der Waals surface area contributed by atoms with Crippen molar-refractivity contribution in [1.82, 2.24) is 0 Å². The van der Waals surface area contributed by atoms with E-state index in [1.807, 2.05) is 30.3 Å². The van der Waals surface area contributed by atoms with E-state index in [0.717, 1.165) is 24.5 Å². The molecule has 2 heteroatoms. The first kappa shape index (κ1) is 13.6. The Kier molecular flexibility index (Phi) is 4.79. The Morgan fingerprint density at radius 1 is 1.22 bits per heavy atom. The van der Waals surface area contributed by atoms with Crippen molar-refractivity contribution in [3.8, 4) is 0 Å². The summed E-state index contributed by atoms with van der Waals surface area (Å²) in [5, 5.41) is 10.4. The molecule has 1 aromatic rings. The summed E-state index contributed by atoms with van der Waals surface area (Å²) in [7, 11) is 0. The van der Waals surface area contributed by atoms with Gasteiger partial charge in [-0.05, 0) is 23.8 Å². The number of aliphatic hydroxyl groups excluding tert-OH is 1. The fraction of sp³-hybridized carbons (Fsp3) is 0.625. The second kappa shape index (κ2) is 6.35. The molecule has 0 aromatic heterocycles. The summed E-state index contributed by atoms with van der Waals surface area (Å²) in [6.45, 7) is 4.99. The lowest BCUT2D eigenvalue weighted by Crippen LogP contribution is -2.28. The molecule has 0 amide bonds. The summed E-state index contributed by atoms with van der Waals surface area (Å²) < 4.78 is 5.92. The molecule has 18 heavy (non-hydrogen) atoms. The minimum absolute atomic E-state index is 0.105. The van der Waals surface area contributed by atoms with Gasteiger partial charge in [0.05, 0.1) is 6.10 Å². The summed E-state index contributed by atoms with van der Waals surface area (Å²) in [4.78, 5) is 0. The van der Waals surface area contributed by atoms with Crippen molar-refractivity contribution in [3.05, 3.63) is 35.9 Å². The van der Waals surface area contributed by atoms with Crippen molar-refractivity contribution in [3.63, 3.8) is 0 Å². The van der Waals surface area contributed by atoms with Gasteiger partial charge in [0.1, 0.15) is 6.10 Å². The van der Waals surface area contributed by atoms with E-state index < -0.39 is 6.10 Å². The van der Waals surface area contributed by atoms with Crippen molar-refractivity contribution in [2.75, 3.05) is 6.61 Å². The zero-order chi connectivity index (χ0) is 13.0. The van der Waals surface area contributed by atoms with Crippen LogP contribution in [-0.2, 0) is 4.74 Å². The zero-order valence-electron chi connectivity index (χ0n) is 11.4. The van der Waals surface area contributed by atoms with Gasteiger partial charge in [-0.15, -0.1) is 0 Å². The molecule has 1 N–H and O–H groups in total. The van der Waals surface area contributed by atoms with Crippen LogP contribution in [0.2, 0.25) is 0 Å². The SMILES string of the molecule is CC(C)C(OCCC1CC1)C(O)c1ccccc1. The van der Waals surface area contributed by atoms with E-state index in [1.54, 1.807) is 0 Å². The molecule has 0 saturated heterocycles. The second-order valence-corrected chi connectivity index (χ2v) is 5.67. The Morgan fingerprint density at radius 2 is 1.89 bits per heavy atom. The third kappa shape index (κ3) is 3.82. The third-order valence-corrected chi connectivity index (χ3v) is 3.64. The first-order valence-electron chi connectivity index (χ1n) is 7.03. The molecule has 0 aliphatic heterocycles. The molecule has 2 unspecified atom stereocenters. The normalized spacial score (nSPS) is 18.9. The fourth-order valence-electron chi connectivity index (χ4n) is 2.27. The Bertz CT molecular complexity index is 343. The molecule has 1 aliphatic carbocycles. The standard InChI is InChI=1S/C16H24O2/c1-12(2)16(18-11-10-13-8-9-13)15(17)14-6-4-3-5-7-14/h3-7,12-13,15-17H,8-11H2,1-2H3. The Labute approximate surface area is 110 Å². The van der Waals surface area contributed by atoms with Gasteiger partial charge < -0.3 is 9.84 Å². The summed E-state index contributed by atoms with van der Waals surface area (Å²) in [6, 6.07) is 9.81. The lowest BCUT2D eigenvalue weighted by Gasteiger charge is -2.27. The van der Waals surface area contributed by atoms with E-state index in [2.05, 4.69) is 13.8 Å². The van der Waals surface area contributed by atoms with Crippen LogP contribution in [0.5, 0.6) is 0 Å². The highest BCUT2D eigenvalue weighted by atomic mass is 16.5. The number of hydrogen-bond donors (Lipinski definition) is 1. The molecule has 1 saturated carbocycles. The molecule has 2 rings (SSSR count). The van der Waals surface area contributed by atoms with E-state index in [4.69, 9.17) is 4.74 Å². The van der Waals surface area contributed by atoms with Crippen molar-refractivity contribution in [2.24, 2.45) is 11.8 Å². The maximum Gasteiger partial charge on any atom is 0.105 e. The second-order valence-electron chi connectivity index (χ2n) is 5.67. The number of ether oxygens (including phenoxy) is 1. The van der Waals surface area contributed by atoms with Crippen LogP contribution in [-0.4, -0.2) is 17.8 Å². The molecule has 1 fully saturated rings. The highest BCUT2D eigenvalue weighted by molar-refractivity contribution is 5.18. The maximum absolute atomic E-state index is 10.4. The van der Waals surface area contributed by atoms with Crippen LogP contribution in [0.15, 0.2) is 30.3 Å². The topological polar surface area (TPSA) is 29.5 Å². The molecule has 2 atom stereocenters. The third-order valence-electron chi connectivity index (χ3n) is 3.64. The smallest absolute Gasteiger partial charge is 0.105 e. The van der Waals surface area contributed by atoms with Crippen molar-refractivity contribution in [1.29, 1.82) is 0 Å². The average molecular weight is 248 g/mol. The van der Waals surface area contributed by atoms with Gasteiger partial charge in [-0.1, -0.05) is 57.0 Å². The molecule has 1 aliphatic rings. The highest BCUT2D eigenvalue weighted by Crippen LogP contribution is 2.33. The van der Waals surface area contributed by atoms with Gasteiger partial charge in [0.15, 0.2) is 0 Å². The number of benzene rings is 1. The monoisotopic (exact) mass is 248 g/mol. The van der Waals surface area contributed by atoms with E-state index in [-0.39, 0.29) is 6.10 Å². The molecule has 2 nitrogen and oxygen atoms in total. The average Bonchev–Trinajstić information content (AvgIpc) is 3.18. The van der Waals surface area contributed by atoms with Crippen LogP contribution in [0.4, 0.5) is 0 Å². The van der Waals surface area contributed by atoms with Gasteiger partial charge in [-0.2, -0.15) is 0 Å². The number of aliphatic hydroxyl groups is 1. The van der Waals surface area contributed by atoms with Crippen LogP contribution in [0.1, 0.15) is 44.8 Å². The van der Waals surface area contributed by atoms with Gasteiger partial charge in [0.2, 0.25) is 0 Å². The van der Waals surface area contributed by atoms with Crippen molar-refractivity contribution in [2.45, 2.75) is 45.3 Å². The van der Waals surface area contributed by atoms with E-state index in [9.17, 15) is 5.11 Å². The van der Waals surface area contributed by atoms with E-state index >= 15 is 0 Å². The highest BCUT2D eigenvalue weighted by Gasteiger charge is 2.26. The predicted molar refractivity (Wildman–Crippen MR) is 73.3 cm³/mol. The predicted octanol–water partition coefficient (Wildman–Crippen LogP) is 3.56. The zero-order valence-corrected chi connectivity index (χ0v) is 11.4. The number of rotatable bonds is 7. The quantitative estimate of drug-likeness (QED) is 0.799. The maximum atomic E-state index is 10.4. The largest absolute Gasteiger partial charge is 0.386 e. The van der Waals surface area contributed by atoms with Crippen LogP contribution in [0, 0.1) is 11.8 Å². The Balaban J connectivity index is 1.90. The first-order chi connectivity index (χ1) is 8.68. The minimum atomic E-state index is -0.523. The first-order valence-corrected chi connectivity index (χ1v) is 7.03. The van der Waals surface area contributed by atoms with Crippen molar-refractivity contribution >= 4 is 0 Å². The molecule has 1 aromatic carbocycles. The Hall–Kier alpha value is -0.860. The lowest BCUT2D eigenvalue weighted by molar-refractivity contribution is -0.0646. The summed E-state index contributed by atoms with van der Waals surface area (Å²) in [6.07, 6.45) is 3.23.